The molecule has 0 spiro atoms. The van der Waals surface area contributed by atoms with Crippen molar-refractivity contribution in [3.8, 4) is 5.75 Å². The molecule has 2 rings (SSSR count). The molecule has 5 nitrogen and oxygen atoms in total. The molecule has 0 unspecified atom stereocenters. The number of hydrogen-bond acceptors (Lipinski definition) is 5. The van der Waals surface area contributed by atoms with Crippen molar-refractivity contribution in [2.45, 2.75) is 13.1 Å². The number of ether oxygens (including phenoxy) is 1. The second-order valence-corrected chi connectivity index (χ2v) is 4.03. The molecule has 0 aliphatic carbocycles. The number of hydrogen-bond donors (Lipinski definition) is 2. The molecule has 1 heterocycles. The number of phenolic OH excluding ortho intramolecular Hbond substituents is 1. The van der Waals surface area contributed by atoms with E-state index in [-0.39, 0.29) is 11.5 Å². The first-order chi connectivity index (χ1) is 9.19. The first kappa shape index (κ1) is 13.2. The number of carbonyl (C=O) groups excluding carboxylic acids is 1. The van der Waals surface area contributed by atoms with E-state index in [1.807, 2.05) is 12.1 Å². The monoisotopic (exact) mass is 261 g/mol. The standard InChI is InChI=1S/C14H15NO4/c1-18-14(17)13-7-6-12(19-13)9-15-8-10-2-4-11(16)5-3-10/h2-7,15-16H,8-9H2,1H3. The molecule has 0 amide bonds. The van der Waals surface area contributed by atoms with Crippen LogP contribution < -0.4 is 5.32 Å². The highest BCUT2D eigenvalue weighted by molar-refractivity contribution is 5.86. The Bertz CT molecular complexity index is 545. The van der Waals surface area contributed by atoms with Crippen LogP contribution in [0, 0.1) is 0 Å². The Hall–Kier alpha value is -2.27. The molecular weight excluding hydrogens is 246 g/mol. The Kier molecular flexibility index (Phi) is 4.20. The van der Waals surface area contributed by atoms with Gasteiger partial charge in [-0.3, -0.25) is 0 Å². The number of aromatic hydroxyl groups is 1. The first-order valence-electron chi connectivity index (χ1n) is 5.84. The summed E-state index contributed by atoms with van der Waals surface area (Å²) >= 11 is 0. The number of nitrogens with one attached hydrogen (secondary N) is 1. The van der Waals surface area contributed by atoms with Gasteiger partial charge in [-0.15, -0.1) is 0 Å². The van der Waals surface area contributed by atoms with E-state index in [1.165, 1.54) is 7.11 Å². The fraction of sp³-hybridized carbons (Fsp3) is 0.214. The Morgan fingerprint density at radius 1 is 1.21 bits per heavy atom. The number of benzene rings is 1. The quantitative estimate of drug-likeness (QED) is 0.806. The van der Waals surface area contributed by atoms with Crippen LogP contribution in [-0.4, -0.2) is 18.2 Å². The normalized spacial score (nSPS) is 10.4. The van der Waals surface area contributed by atoms with Gasteiger partial charge in [-0.1, -0.05) is 12.1 Å². The van der Waals surface area contributed by atoms with Gasteiger partial charge < -0.3 is 19.6 Å². The maximum absolute atomic E-state index is 11.2. The molecule has 2 aromatic rings. The highest BCUT2D eigenvalue weighted by Gasteiger charge is 2.10. The van der Waals surface area contributed by atoms with Crippen molar-refractivity contribution in [3.63, 3.8) is 0 Å². The summed E-state index contributed by atoms with van der Waals surface area (Å²) < 4.78 is 9.87. The number of furan rings is 1. The Morgan fingerprint density at radius 2 is 1.95 bits per heavy atom. The van der Waals surface area contributed by atoms with Gasteiger partial charge in [0.1, 0.15) is 11.5 Å². The van der Waals surface area contributed by atoms with Gasteiger partial charge in [-0.25, -0.2) is 4.79 Å². The molecule has 0 bridgehead atoms. The third-order valence-electron chi connectivity index (χ3n) is 2.61. The van der Waals surface area contributed by atoms with Crippen LogP contribution in [0.25, 0.3) is 0 Å². The third kappa shape index (κ3) is 3.59. The maximum Gasteiger partial charge on any atom is 0.373 e. The van der Waals surface area contributed by atoms with Gasteiger partial charge in [0.2, 0.25) is 5.76 Å². The van der Waals surface area contributed by atoms with Crippen LogP contribution in [-0.2, 0) is 17.8 Å². The highest BCUT2D eigenvalue weighted by atomic mass is 16.5. The van der Waals surface area contributed by atoms with Gasteiger partial charge >= 0.3 is 5.97 Å². The molecule has 1 aromatic carbocycles. The minimum absolute atomic E-state index is 0.198. The zero-order valence-corrected chi connectivity index (χ0v) is 10.6. The van der Waals surface area contributed by atoms with E-state index in [1.54, 1.807) is 24.3 Å². The Morgan fingerprint density at radius 3 is 2.63 bits per heavy atom. The molecule has 0 atom stereocenters. The summed E-state index contributed by atoms with van der Waals surface area (Å²) in [4.78, 5) is 11.2. The summed E-state index contributed by atoms with van der Waals surface area (Å²) in [6.45, 7) is 1.16. The Balaban J connectivity index is 1.84. The lowest BCUT2D eigenvalue weighted by molar-refractivity contribution is 0.0563. The zero-order valence-electron chi connectivity index (χ0n) is 10.6. The van der Waals surface area contributed by atoms with Crippen LogP contribution in [0.4, 0.5) is 0 Å². The van der Waals surface area contributed by atoms with E-state index in [9.17, 15) is 4.79 Å². The van der Waals surface area contributed by atoms with E-state index in [2.05, 4.69) is 10.1 Å². The van der Waals surface area contributed by atoms with Gasteiger partial charge in [-0.2, -0.15) is 0 Å². The lowest BCUT2D eigenvalue weighted by Crippen LogP contribution is -2.12. The van der Waals surface area contributed by atoms with Crippen molar-refractivity contribution in [2.75, 3.05) is 7.11 Å². The van der Waals surface area contributed by atoms with Crippen molar-refractivity contribution in [3.05, 3.63) is 53.5 Å². The molecule has 1 aromatic heterocycles. The second kappa shape index (κ2) is 6.06. The summed E-state index contributed by atoms with van der Waals surface area (Å²) in [5.74, 6) is 0.630. The Labute approximate surface area is 110 Å². The number of methoxy groups -OCH3 is 1. The minimum Gasteiger partial charge on any atom is -0.508 e. The van der Waals surface area contributed by atoms with Crippen LogP contribution in [0.15, 0.2) is 40.8 Å². The predicted octanol–water partition coefficient (Wildman–Crippen LogP) is 2.06. The van der Waals surface area contributed by atoms with Crippen LogP contribution in [0.1, 0.15) is 21.9 Å². The predicted molar refractivity (Wildman–Crippen MR) is 68.7 cm³/mol. The number of phenols is 1. The molecule has 0 radical (unpaired) electrons. The van der Waals surface area contributed by atoms with Crippen molar-refractivity contribution in [1.29, 1.82) is 0 Å². The number of esters is 1. The summed E-state index contributed by atoms with van der Waals surface area (Å²) in [6, 6.07) is 10.3. The van der Waals surface area contributed by atoms with Crippen molar-refractivity contribution in [1.82, 2.24) is 5.32 Å². The molecule has 0 aliphatic rings. The second-order valence-electron chi connectivity index (χ2n) is 4.03. The topological polar surface area (TPSA) is 71.7 Å². The molecule has 19 heavy (non-hydrogen) atoms. The zero-order chi connectivity index (χ0) is 13.7. The summed E-state index contributed by atoms with van der Waals surface area (Å²) in [5.41, 5.74) is 1.05. The average molecular weight is 261 g/mol. The summed E-state index contributed by atoms with van der Waals surface area (Å²) in [6.07, 6.45) is 0. The van der Waals surface area contributed by atoms with E-state index >= 15 is 0 Å². The van der Waals surface area contributed by atoms with Crippen molar-refractivity contribution < 1.29 is 19.1 Å². The van der Waals surface area contributed by atoms with Gasteiger partial charge in [0.25, 0.3) is 0 Å². The third-order valence-corrected chi connectivity index (χ3v) is 2.61. The fourth-order valence-electron chi connectivity index (χ4n) is 1.63. The number of carbonyl (C=O) groups is 1. The van der Waals surface area contributed by atoms with E-state index in [0.717, 1.165) is 5.56 Å². The fourth-order valence-corrected chi connectivity index (χ4v) is 1.63. The minimum atomic E-state index is -0.482. The van der Waals surface area contributed by atoms with Crippen LogP contribution in [0.3, 0.4) is 0 Å². The smallest absolute Gasteiger partial charge is 0.373 e. The highest BCUT2D eigenvalue weighted by Crippen LogP contribution is 2.11. The molecule has 0 fully saturated rings. The maximum atomic E-state index is 11.2. The van der Waals surface area contributed by atoms with E-state index in [4.69, 9.17) is 9.52 Å². The molecule has 0 saturated heterocycles. The van der Waals surface area contributed by atoms with Crippen LogP contribution in [0.5, 0.6) is 5.75 Å². The molecule has 5 heteroatoms. The SMILES string of the molecule is COC(=O)c1ccc(CNCc2ccc(O)cc2)o1. The van der Waals surface area contributed by atoms with Crippen molar-refractivity contribution in [2.24, 2.45) is 0 Å². The lowest BCUT2D eigenvalue weighted by Gasteiger charge is -2.03. The summed E-state index contributed by atoms with van der Waals surface area (Å²) in [5, 5.41) is 12.3. The summed E-state index contributed by atoms with van der Waals surface area (Å²) in [7, 11) is 1.31. The van der Waals surface area contributed by atoms with Gasteiger partial charge in [0.15, 0.2) is 0 Å². The molecule has 0 saturated carbocycles. The number of rotatable bonds is 5. The average Bonchev–Trinajstić information content (AvgIpc) is 2.89. The largest absolute Gasteiger partial charge is 0.508 e. The van der Waals surface area contributed by atoms with E-state index < -0.39 is 5.97 Å². The van der Waals surface area contributed by atoms with Crippen molar-refractivity contribution >= 4 is 5.97 Å². The first-order valence-corrected chi connectivity index (χ1v) is 5.84. The lowest BCUT2D eigenvalue weighted by atomic mass is 10.2. The molecular formula is C14H15NO4. The van der Waals surface area contributed by atoms with Gasteiger partial charge in [-0.05, 0) is 29.8 Å². The van der Waals surface area contributed by atoms with E-state index in [0.29, 0.717) is 18.8 Å². The molecule has 2 N–H and O–H groups in total. The van der Waals surface area contributed by atoms with Gasteiger partial charge in [0, 0.05) is 6.54 Å². The van der Waals surface area contributed by atoms with Crippen LogP contribution in [0.2, 0.25) is 0 Å². The molecule has 0 aliphatic heterocycles. The van der Waals surface area contributed by atoms with Crippen LogP contribution >= 0.6 is 0 Å². The molecule has 100 valence electrons. The van der Waals surface area contributed by atoms with Gasteiger partial charge in [0.05, 0.1) is 13.7 Å².